The van der Waals surface area contributed by atoms with Gasteiger partial charge in [0, 0.05) is 39.7 Å². The lowest BCUT2D eigenvalue weighted by atomic mass is 10.1. The Kier molecular flexibility index (Phi) is 6.69. The summed E-state index contributed by atoms with van der Waals surface area (Å²) in [5.41, 5.74) is 0.194. The summed E-state index contributed by atoms with van der Waals surface area (Å²) in [6.45, 7) is 3.49. The number of hydrogen-bond donors (Lipinski definition) is 0. The monoisotopic (exact) mass is 410 g/mol. The van der Waals surface area contributed by atoms with Crippen molar-refractivity contribution in [2.75, 3.05) is 39.4 Å². The van der Waals surface area contributed by atoms with Crippen molar-refractivity contribution in [3.63, 3.8) is 0 Å². The molecule has 2 aliphatic rings. The smallest absolute Gasteiger partial charge is 0.338 e. The van der Waals surface area contributed by atoms with Gasteiger partial charge in [-0.2, -0.15) is 4.31 Å². The fourth-order valence-corrected chi connectivity index (χ4v) is 4.84. The largest absolute Gasteiger partial charge is 0.459 e. The van der Waals surface area contributed by atoms with Gasteiger partial charge in [-0.3, -0.25) is 4.79 Å². The number of hydrogen-bond acceptors (Lipinski definition) is 6. The van der Waals surface area contributed by atoms with E-state index in [1.165, 1.54) is 35.5 Å². The molecule has 0 spiro atoms. The number of rotatable bonds is 5. The topological polar surface area (TPSA) is 93.2 Å². The lowest BCUT2D eigenvalue weighted by Crippen LogP contribution is -2.49. The van der Waals surface area contributed by atoms with Crippen LogP contribution in [0, 0.1) is 0 Å². The van der Waals surface area contributed by atoms with Gasteiger partial charge in [0.1, 0.15) is 6.61 Å². The quantitative estimate of drug-likeness (QED) is 0.679. The maximum Gasteiger partial charge on any atom is 0.338 e. The van der Waals surface area contributed by atoms with Crippen LogP contribution in [-0.4, -0.2) is 75.0 Å². The molecule has 8 nitrogen and oxygen atoms in total. The molecule has 28 heavy (non-hydrogen) atoms. The van der Waals surface area contributed by atoms with Crippen molar-refractivity contribution in [3.8, 4) is 0 Å². The molecular weight excluding hydrogens is 384 g/mol. The van der Waals surface area contributed by atoms with Crippen molar-refractivity contribution in [1.82, 2.24) is 9.21 Å². The first-order chi connectivity index (χ1) is 13.4. The highest BCUT2D eigenvalue weighted by molar-refractivity contribution is 7.89. The second-order valence-corrected chi connectivity index (χ2v) is 8.96. The summed E-state index contributed by atoms with van der Waals surface area (Å²) in [5.74, 6) is -0.628. The fourth-order valence-electron chi connectivity index (χ4n) is 3.37. The zero-order chi connectivity index (χ0) is 20.1. The number of piperazine rings is 1. The molecule has 1 unspecified atom stereocenters. The van der Waals surface area contributed by atoms with E-state index in [9.17, 15) is 18.0 Å². The molecule has 0 bridgehead atoms. The molecular formula is C19H26N2O6S. The van der Waals surface area contributed by atoms with E-state index in [1.807, 2.05) is 0 Å². The Bertz CT molecular complexity index is 811. The van der Waals surface area contributed by atoms with Crippen LogP contribution in [0.15, 0.2) is 29.2 Å². The molecule has 2 fully saturated rings. The van der Waals surface area contributed by atoms with Crippen LogP contribution >= 0.6 is 0 Å². The molecule has 3 rings (SSSR count). The van der Waals surface area contributed by atoms with Crippen LogP contribution in [0.3, 0.4) is 0 Å². The molecule has 0 saturated carbocycles. The Morgan fingerprint density at radius 3 is 2.57 bits per heavy atom. The van der Waals surface area contributed by atoms with Gasteiger partial charge < -0.3 is 14.4 Å². The van der Waals surface area contributed by atoms with Crippen molar-refractivity contribution in [2.24, 2.45) is 0 Å². The molecule has 1 aromatic carbocycles. The minimum absolute atomic E-state index is 0.0483. The molecule has 0 aliphatic carbocycles. The van der Waals surface area contributed by atoms with Crippen LogP contribution in [-0.2, 0) is 24.3 Å². The third-order valence-corrected chi connectivity index (χ3v) is 6.96. The zero-order valence-electron chi connectivity index (χ0n) is 16.0. The molecule has 9 heteroatoms. The van der Waals surface area contributed by atoms with E-state index in [4.69, 9.17) is 9.47 Å². The molecule has 2 aliphatic heterocycles. The lowest BCUT2D eigenvalue weighted by Gasteiger charge is -2.33. The molecule has 0 aromatic heterocycles. The number of ether oxygens (including phenoxy) is 2. The second kappa shape index (κ2) is 9.02. The van der Waals surface area contributed by atoms with Gasteiger partial charge in [-0.25, -0.2) is 13.2 Å². The number of benzene rings is 1. The van der Waals surface area contributed by atoms with Crippen LogP contribution < -0.4 is 0 Å². The van der Waals surface area contributed by atoms with E-state index in [0.717, 1.165) is 19.3 Å². The van der Waals surface area contributed by atoms with Gasteiger partial charge in [-0.05, 0) is 37.5 Å². The zero-order valence-corrected chi connectivity index (χ0v) is 16.8. The van der Waals surface area contributed by atoms with Crippen molar-refractivity contribution >= 4 is 21.9 Å². The average Bonchev–Trinajstić information content (AvgIpc) is 2.73. The summed E-state index contributed by atoms with van der Waals surface area (Å²) in [7, 11) is -3.74. The fraction of sp³-hybridized carbons (Fsp3) is 0.579. The van der Waals surface area contributed by atoms with E-state index < -0.39 is 16.0 Å². The summed E-state index contributed by atoms with van der Waals surface area (Å²) in [5, 5.41) is 0. The Labute approximate surface area is 165 Å². The van der Waals surface area contributed by atoms with E-state index in [-0.39, 0.29) is 42.2 Å². The Hall–Kier alpha value is -1.97. The van der Waals surface area contributed by atoms with Crippen molar-refractivity contribution in [2.45, 2.75) is 37.2 Å². The Balaban J connectivity index is 1.64. The first-order valence-electron chi connectivity index (χ1n) is 9.52. The van der Waals surface area contributed by atoms with Crippen LogP contribution in [0.4, 0.5) is 0 Å². The molecule has 0 radical (unpaired) electrons. The van der Waals surface area contributed by atoms with E-state index in [2.05, 4.69) is 0 Å². The Morgan fingerprint density at radius 2 is 1.93 bits per heavy atom. The highest BCUT2D eigenvalue weighted by atomic mass is 32.2. The third-order valence-electron chi connectivity index (χ3n) is 5.07. The summed E-state index contributed by atoms with van der Waals surface area (Å²) in [4.78, 5) is 25.4. The standard InChI is InChI=1S/C19H26N2O6S/c1-15(22)20-8-10-21(11-9-20)28(24,25)18-7-4-5-16(13-18)19(23)27-14-17-6-2-3-12-26-17/h4-5,7,13,17H,2-3,6,8-12,14H2,1H3. The van der Waals surface area contributed by atoms with Gasteiger partial charge in [0.25, 0.3) is 0 Å². The maximum atomic E-state index is 12.9. The highest BCUT2D eigenvalue weighted by Crippen LogP contribution is 2.20. The second-order valence-electron chi connectivity index (χ2n) is 7.03. The maximum absolute atomic E-state index is 12.9. The first kappa shape index (κ1) is 20.8. The van der Waals surface area contributed by atoms with Crippen LogP contribution in [0.2, 0.25) is 0 Å². The molecule has 154 valence electrons. The molecule has 2 saturated heterocycles. The molecule has 1 atom stereocenters. The van der Waals surface area contributed by atoms with Gasteiger partial charge in [0.05, 0.1) is 16.6 Å². The third kappa shape index (κ3) is 4.89. The number of amides is 1. The molecule has 1 amide bonds. The molecule has 0 N–H and O–H groups in total. The van der Waals surface area contributed by atoms with Crippen molar-refractivity contribution in [3.05, 3.63) is 29.8 Å². The van der Waals surface area contributed by atoms with Gasteiger partial charge in [0.15, 0.2) is 0 Å². The predicted octanol–water partition coefficient (Wildman–Crippen LogP) is 1.27. The number of carbonyl (C=O) groups excluding carboxylic acids is 2. The highest BCUT2D eigenvalue weighted by Gasteiger charge is 2.29. The van der Waals surface area contributed by atoms with E-state index >= 15 is 0 Å². The summed E-state index contributed by atoms with van der Waals surface area (Å²) < 4.78 is 38.0. The van der Waals surface area contributed by atoms with Gasteiger partial charge in [-0.1, -0.05) is 6.07 Å². The number of carbonyl (C=O) groups is 2. The minimum atomic E-state index is -3.74. The lowest BCUT2D eigenvalue weighted by molar-refractivity contribution is -0.129. The number of sulfonamides is 1. The van der Waals surface area contributed by atoms with Gasteiger partial charge in [-0.15, -0.1) is 0 Å². The van der Waals surface area contributed by atoms with E-state index in [1.54, 1.807) is 4.90 Å². The molecule has 1 aromatic rings. The normalized spacial score (nSPS) is 21.3. The summed E-state index contributed by atoms with van der Waals surface area (Å²) in [6, 6.07) is 5.88. The summed E-state index contributed by atoms with van der Waals surface area (Å²) >= 11 is 0. The Morgan fingerprint density at radius 1 is 1.18 bits per heavy atom. The average molecular weight is 410 g/mol. The van der Waals surface area contributed by atoms with Crippen LogP contribution in [0.1, 0.15) is 36.5 Å². The van der Waals surface area contributed by atoms with E-state index in [0.29, 0.717) is 19.7 Å². The predicted molar refractivity (Wildman–Crippen MR) is 101 cm³/mol. The number of nitrogens with zero attached hydrogens (tertiary/aromatic N) is 2. The van der Waals surface area contributed by atoms with Gasteiger partial charge in [0.2, 0.25) is 15.9 Å². The minimum Gasteiger partial charge on any atom is -0.459 e. The first-order valence-corrected chi connectivity index (χ1v) is 11.0. The molecule has 2 heterocycles. The van der Waals surface area contributed by atoms with Crippen LogP contribution in [0.25, 0.3) is 0 Å². The van der Waals surface area contributed by atoms with Crippen molar-refractivity contribution in [1.29, 1.82) is 0 Å². The van der Waals surface area contributed by atoms with Crippen molar-refractivity contribution < 1.29 is 27.5 Å². The summed E-state index contributed by atoms with van der Waals surface area (Å²) in [6.07, 6.45) is 2.83. The van der Waals surface area contributed by atoms with Gasteiger partial charge >= 0.3 is 5.97 Å². The van der Waals surface area contributed by atoms with Crippen LogP contribution in [0.5, 0.6) is 0 Å². The SMILES string of the molecule is CC(=O)N1CCN(S(=O)(=O)c2cccc(C(=O)OCC3CCCCO3)c2)CC1. The number of esters is 1.